The van der Waals surface area contributed by atoms with Gasteiger partial charge in [-0.1, -0.05) is 36.4 Å². The third-order valence-corrected chi connectivity index (χ3v) is 8.83. The SMILES string of the molecule is NC[C@H]1CC[C@H](C(=O)N[C@@H](Cc2ccc(-c3ccc(N4CCOCC4=O)cc3)cc2)C(=O)Nc2ccc(-c3nn[nH]n3)cc2)CC1. The summed E-state index contributed by atoms with van der Waals surface area (Å²) in [6.45, 7) is 1.81. The number of carbonyl (C=O) groups is 3. The molecule has 46 heavy (non-hydrogen) atoms. The second kappa shape index (κ2) is 14.4. The van der Waals surface area contributed by atoms with Gasteiger partial charge in [-0.25, -0.2) is 0 Å². The highest BCUT2D eigenvalue weighted by Gasteiger charge is 2.29. The third-order valence-electron chi connectivity index (χ3n) is 8.83. The molecule has 2 heterocycles. The van der Waals surface area contributed by atoms with Crippen molar-refractivity contribution in [1.29, 1.82) is 0 Å². The minimum Gasteiger partial charge on any atom is -0.370 e. The van der Waals surface area contributed by atoms with E-state index >= 15 is 0 Å². The molecule has 0 spiro atoms. The number of nitrogens with one attached hydrogen (secondary N) is 3. The zero-order valence-corrected chi connectivity index (χ0v) is 25.5. The molecule has 6 rings (SSSR count). The monoisotopic (exact) mass is 622 g/mol. The summed E-state index contributed by atoms with van der Waals surface area (Å²) < 4.78 is 5.24. The number of nitrogens with zero attached hydrogens (tertiary/aromatic N) is 4. The maximum atomic E-state index is 13.6. The lowest BCUT2D eigenvalue weighted by Crippen LogP contribution is -2.48. The number of benzene rings is 3. The minimum absolute atomic E-state index is 0.0434. The molecule has 12 nitrogen and oxygen atoms in total. The first-order valence-electron chi connectivity index (χ1n) is 15.7. The van der Waals surface area contributed by atoms with Crippen LogP contribution in [0.2, 0.25) is 0 Å². The quantitative estimate of drug-likeness (QED) is 0.209. The molecule has 238 valence electrons. The number of amides is 3. The summed E-state index contributed by atoms with van der Waals surface area (Å²) in [5, 5.41) is 20.0. The molecule has 3 aromatic carbocycles. The van der Waals surface area contributed by atoms with Crippen LogP contribution in [0.15, 0.2) is 72.8 Å². The summed E-state index contributed by atoms with van der Waals surface area (Å²) >= 11 is 0. The van der Waals surface area contributed by atoms with Gasteiger partial charge in [-0.2, -0.15) is 5.21 Å². The first-order chi connectivity index (χ1) is 22.5. The van der Waals surface area contributed by atoms with Crippen molar-refractivity contribution in [2.45, 2.75) is 38.1 Å². The second-order valence-corrected chi connectivity index (χ2v) is 11.9. The standard InChI is InChI=1S/C34H38N8O4/c35-20-23-3-7-27(8-4-23)33(44)37-30(34(45)36-28-13-9-26(10-14-28)32-38-40-41-39-32)19-22-1-5-24(6-2-22)25-11-15-29(16-12-25)42-17-18-46-21-31(42)43/h1-2,5-6,9-16,23,27,30H,3-4,7-8,17-21,35H2,(H,36,45)(H,37,44)(H,38,39,40,41)/t23-,27-,30-/m0/s1. The highest BCUT2D eigenvalue weighted by Crippen LogP contribution is 2.29. The highest BCUT2D eigenvalue weighted by atomic mass is 16.5. The molecular formula is C34H38N8O4. The first kappa shape index (κ1) is 31.1. The fourth-order valence-corrected chi connectivity index (χ4v) is 6.07. The Bertz CT molecular complexity index is 1620. The molecule has 2 fully saturated rings. The average Bonchev–Trinajstić information content (AvgIpc) is 3.64. The molecule has 0 radical (unpaired) electrons. The van der Waals surface area contributed by atoms with E-state index in [2.05, 4.69) is 31.3 Å². The number of hydrogen-bond acceptors (Lipinski definition) is 8. The van der Waals surface area contributed by atoms with Gasteiger partial charge in [0.2, 0.25) is 17.6 Å². The molecule has 2 aliphatic rings. The van der Waals surface area contributed by atoms with Crippen molar-refractivity contribution in [3.05, 3.63) is 78.4 Å². The number of anilines is 2. The number of tetrazole rings is 1. The van der Waals surface area contributed by atoms with Crippen molar-refractivity contribution < 1.29 is 19.1 Å². The van der Waals surface area contributed by atoms with Crippen LogP contribution < -0.4 is 21.3 Å². The lowest BCUT2D eigenvalue weighted by molar-refractivity contribution is -0.130. The number of rotatable bonds is 10. The topological polar surface area (TPSA) is 168 Å². The Kier molecular flexibility index (Phi) is 9.75. The van der Waals surface area contributed by atoms with Gasteiger partial charge in [0.25, 0.3) is 5.91 Å². The van der Waals surface area contributed by atoms with Gasteiger partial charge in [0.15, 0.2) is 0 Å². The molecule has 1 aliphatic heterocycles. The summed E-state index contributed by atoms with van der Waals surface area (Å²) in [6.07, 6.45) is 3.71. The molecule has 12 heteroatoms. The maximum Gasteiger partial charge on any atom is 0.253 e. The Morgan fingerprint density at radius 3 is 2.24 bits per heavy atom. The highest BCUT2D eigenvalue weighted by molar-refractivity contribution is 5.98. The third kappa shape index (κ3) is 7.47. The fraction of sp³-hybridized carbons (Fsp3) is 0.353. The van der Waals surface area contributed by atoms with Crippen molar-refractivity contribution >= 4 is 29.1 Å². The molecule has 0 bridgehead atoms. The van der Waals surface area contributed by atoms with Crippen LogP contribution in [0.1, 0.15) is 31.2 Å². The lowest BCUT2D eigenvalue weighted by atomic mass is 9.81. The van der Waals surface area contributed by atoms with Crippen LogP contribution in [0.4, 0.5) is 11.4 Å². The number of morpholine rings is 1. The summed E-state index contributed by atoms with van der Waals surface area (Å²) in [4.78, 5) is 40.9. The van der Waals surface area contributed by atoms with Crippen LogP contribution >= 0.6 is 0 Å². The molecule has 1 aliphatic carbocycles. The van der Waals surface area contributed by atoms with E-state index in [-0.39, 0.29) is 30.2 Å². The Morgan fingerprint density at radius 2 is 1.61 bits per heavy atom. The molecule has 1 saturated heterocycles. The van der Waals surface area contributed by atoms with Gasteiger partial charge in [-0.15, -0.1) is 10.2 Å². The van der Waals surface area contributed by atoms with E-state index in [0.717, 1.165) is 53.6 Å². The van der Waals surface area contributed by atoms with Crippen molar-refractivity contribution in [2.75, 3.05) is 36.5 Å². The molecule has 5 N–H and O–H groups in total. The molecule has 3 amide bonds. The van der Waals surface area contributed by atoms with E-state index in [1.54, 1.807) is 29.2 Å². The van der Waals surface area contributed by atoms with Crippen molar-refractivity contribution in [3.8, 4) is 22.5 Å². The number of nitrogens with two attached hydrogens (primary N) is 1. The van der Waals surface area contributed by atoms with Crippen LogP contribution in [0, 0.1) is 11.8 Å². The van der Waals surface area contributed by atoms with Crippen LogP contribution in [-0.4, -0.2) is 70.7 Å². The summed E-state index contributed by atoms with van der Waals surface area (Å²) in [6, 6.07) is 22.2. The van der Waals surface area contributed by atoms with Crippen molar-refractivity contribution in [3.63, 3.8) is 0 Å². The zero-order chi connectivity index (χ0) is 31.9. The molecule has 0 unspecified atom stereocenters. The van der Waals surface area contributed by atoms with Crippen LogP contribution in [-0.2, 0) is 25.5 Å². The average molecular weight is 623 g/mol. The second-order valence-electron chi connectivity index (χ2n) is 11.9. The molecule has 4 aromatic rings. The fourth-order valence-electron chi connectivity index (χ4n) is 6.07. The summed E-state index contributed by atoms with van der Waals surface area (Å²) in [5.41, 5.74) is 11.0. The largest absolute Gasteiger partial charge is 0.370 e. The lowest BCUT2D eigenvalue weighted by Gasteiger charge is -2.28. The molecule has 1 saturated carbocycles. The number of aromatic nitrogens is 4. The van der Waals surface area contributed by atoms with Crippen LogP contribution in [0.5, 0.6) is 0 Å². The summed E-state index contributed by atoms with van der Waals surface area (Å²) in [7, 11) is 0. The predicted octanol–water partition coefficient (Wildman–Crippen LogP) is 3.33. The Labute approximate surface area is 267 Å². The number of ether oxygens (including phenoxy) is 1. The van der Waals surface area contributed by atoms with E-state index in [4.69, 9.17) is 10.5 Å². The zero-order valence-electron chi connectivity index (χ0n) is 25.5. The van der Waals surface area contributed by atoms with Crippen LogP contribution in [0.25, 0.3) is 22.5 Å². The molecular weight excluding hydrogens is 584 g/mol. The van der Waals surface area contributed by atoms with Gasteiger partial charge < -0.3 is 26.0 Å². The number of aromatic amines is 1. The number of H-pyrrole nitrogens is 1. The van der Waals surface area contributed by atoms with E-state index in [9.17, 15) is 14.4 Å². The van der Waals surface area contributed by atoms with Crippen molar-refractivity contribution in [2.24, 2.45) is 17.6 Å². The smallest absolute Gasteiger partial charge is 0.253 e. The molecule has 1 atom stereocenters. The van der Waals surface area contributed by atoms with E-state index in [1.807, 2.05) is 48.5 Å². The normalized spacial score (nSPS) is 19.0. The first-order valence-corrected chi connectivity index (χ1v) is 15.7. The molecule has 1 aromatic heterocycles. The van der Waals surface area contributed by atoms with Gasteiger partial charge in [0.05, 0.1) is 6.61 Å². The summed E-state index contributed by atoms with van der Waals surface area (Å²) in [5.74, 6) is 0.338. The predicted molar refractivity (Wildman–Crippen MR) is 173 cm³/mol. The Morgan fingerprint density at radius 1 is 0.935 bits per heavy atom. The van der Waals surface area contributed by atoms with Gasteiger partial charge in [-0.3, -0.25) is 14.4 Å². The van der Waals surface area contributed by atoms with E-state index < -0.39 is 6.04 Å². The Balaban J connectivity index is 1.14. The van der Waals surface area contributed by atoms with E-state index in [0.29, 0.717) is 43.5 Å². The van der Waals surface area contributed by atoms with Gasteiger partial charge in [0, 0.05) is 35.8 Å². The van der Waals surface area contributed by atoms with E-state index in [1.165, 1.54) is 0 Å². The maximum absolute atomic E-state index is 13.6. The minimum atomic E-state index is -0.771. The van der Waals surface area contributed by atoms with Gasteiger partial charge in [-0.05, 0) is 96.4 Å². The van der Waals surface area contributed by atoms with Gasteiger partial charge in [0.1, 0.15) is 12.6 Å². The Hall–Kier alpha value is -4.94. The number of hydrogen-bond donors (Lipinski definition) is 4. The van der Waals surface area contributed by atoms with Crippen LogP contribution in [0.3, 0.4) is 0 Å². The van der Waals surface area contributed by atoms with Crippen molar-refractivity contribution in [1.82, 2.24) is 25.9 Å². The number of carbonyl (C=O) groups excluding carboxylic acids is 3. The van der Waals surface area contributed by atoms with Gasteiger partial charge >= 0.3 is 0 Å².